The van der Waals surface area contributed by atoms with Crippen LogP contribution >= 0.6 is 11.3 Å². The average molecular weight is 158 g/mol. The zero-order chi connectivity index (χ0) is 5.11. The Labute approximate surface area is 52.5 Å². The van der Waals surface area contributed by atoms with Gasteiger partial charge in [0.05, 0.1) is 0 Å². The number of hydrogen-bond donors (Lipinski definition) is 1. The first-order valence-electron chi connectivity index (χ1n) is 1.74. The Balaban J connectivity index is 2.76. The van der Waals surface area contributed by atoms with Crippen molar-refractivity contribution in [1.82, 2.24) is 0 Å². The number of hydrogen-bond acceptors (Lipinski definition) is 2. The van der Waals surface area contributed by atoms with Crippen molar-refractivity contribution < 1.29 is 14.7 Å². The Hall–Kier alpha value is 0.154. The van der Waals surface area contributed by atoms with Crippen LogP contribution in [0.3, 0.4) is 0 Å². The molecule has 42 valence electrons. The van der Waals surface area contributed by atoms with Gasteiger partial charge in [-0.05, 0) is 0 Å². The molecule has 1 aromatic rings. The molecule has 1 nitrogen and oxygen atoms in total. The van der Waals surface area contributed by atoms with Crippen LogP contribution < -0.4 is 8.66 Å². The van der Waals surface area contributed by atoms with E-state index >= 15 is 0 Å². The van der Waals surface area contributed by atoms with Gasteiger partial charge in [0.25, 0.3) is 0 Å². The van der Waals surface area contributed by atoms with Crippen molar-refractivity contribution in [2.75, 3.05) is 0 Å². The van der Waals surface area contributed by atoms with E-state index in [1.807, 2.05) is 17.5 Å². The fourth-order valence-corrected chi connectivity index (χ4v) is 1.37. The Morgan fingerprint density at radius 1 is 1.71 bits per heavy atom. The monoisotopic (exact) mass is 157 g/mol. The van der Waals surface area contributed by atoms with Crippen LogP contribution in [0.25, 0.3) is 0 Å². The minimum atomic E-state index is 1.14. The molecule has 0 radical (unpaired) electrons. The number of nitrogens with two attached hydrogens (primary N) is 1. The Morgan fingerprint density at radius 2 is 2.57 bits per heavy atom. The Bertz CT molecular complexity index is 126. The van der Waals surface area contributed by atoms with Crippen molar-refractivity contribution in [3.05, 3.63) is 17.5 Å². The fraction of sp³-hybridized carbons (Fsp3) is 0. The molecule has 0 saturated heterocycles. The van der Waals surface area contributed by atoms with E-state index in [0.717, 1.165) is 14.7 Å². The van der Waals surface area contributed by atoms with E-state index in [1.165, 1.54) is 3.85 Å². The molecule has 1 aromatic heterocycles. The summed E-state index contributed by atoms with van der Waals surface area (Å²) in [7, 11) is 0. The molecule has 0 aliphatic rings. The molecule has 1 rings (SSSR count). The predicted octanol–water partition coefficient (Wildman–Crippen LogP) is 0.330. The first kappa shape index (κ1) is 5.29. The van der Waals surface area contributed by atoms with Crippen molar-refractivity contribution in [3.8, 4) is 0 Å². The molecule has 0 unspecified atom stereocenters. The van der Waals surface area contributed by atoms with Gasteiger partial charge in [-0.15, -0.1) is 0 Å². The van der Waals surface area contributed by atoms with Crippen LogP contribution in [0, 0.1) is 0 Å². The SMILES string of the molecule is [NH2][Ni][c]1cccs1. The first-order valence-corrected chi connectivity index (χ1v) is 3.68. The molecule has 0 spiro atoms. The Kier molecular flexibility index (Phi) is 1.86. The third-order valence-electron chi connectivity index (χ3n) is 0.559. The van der Waals surface area contributed by atoms with Gasteiger partial charge in [-0.3, -0.25) is 0 Å². The average Bonchev–Trinajstić information content (AvgIpc) is 2.14. The van der Waals surface area contributed by atoms with Gasteiger partial charge in [0.15, 0.2) is 0 Å². The topological polar surface area (TPSA) is 26.0 Å². The molecule has 0 saturated carbocycles. The third-order valence-corrected chi connectivity index (χ3v) is 2.30. The summed E-state index contributed by atoms with van der Waals surface area (Å²) < 4.78 is 1.19. The maximum absolute atomic E-state index is 5.24. The molecule has 0 aliphatic heterocycles. The van der Waals surface area contributed by atoms with E-state index in [2.05, 4.69) is 0 Å². The normalized spacial score (nSPS) is 9.86. The van der Waals surface area contributed by atoms with Crippen molar-refractivity contribution in [2.24, 2.45) is 4.81 Å². The van der Waals surface area contributed by atoms with E-state index in [1.54, 1.807) is 11.3 Å². The molecule has 0 aromatic carbocycles. The van der Waals surface area contributed by atoms with Gasteiger partial charge in [0, 0.05) is 0 Å². The molecular formula is C4H5NNiS. The first-order chi connectivity index (χ1) is 3.43. The standard InChI is InChI=1S/C4H3S.H2N.Ni/c1-2-4-5-3-1;;/h1-3H;1H2;/q;-1;+1. The van der Waals surface area contributed by atoms with Crippen LogP contribution in [0.2, 0.25) is 0 Å². The molecule has 0 bridgehead atoms. The van der Waals surface area contributed by atoms with Gasteiger partial charge in [-0.2, -0.15) is 0 Å². The number of thiophene rings is 1. The zero-order valence-corrected chi connectivity index (χ0v) is 5.34. The van der Waals surface area contributed by atoms with Gasteiger partial charge in [0.1, 0.15) is 0 Å². The second-order valence-corrected chi connectivity index (χ2v) is 3.03. The second-order valence-electron chi connectivity index (χ2n) is 0.978. The molecule has 0 amide bonds. The summed E-state index contributed by atoms with van der Waals surface area (Å²) in [5, 5.41) is 2.01. The summed E-state index contributed by atoms with van der Waals surface area (Å²) in [6, 6.07) is 4.00. The van der Waals surface area contributed by atoms with Gasteiger partial charge >= 0.3 is 52.2 Å². The van der Waals surface area contributed by atoms with Gasteiger partial charge in [-0.25, -0.2) is 0 Å². The molecule has 0 atom stereocenters. The van der Waals surface area contributed by atoms with Crippen LogP contribution in [0.4, 0.5) is 0 Å². The second kappa shape index (κ2) is 2.46. The van der Waals surface area contributed by atoms with Crippen molar-refractivity contribution in [2.45, 2.75) is 0 Å². The summed E-state index contributed by atoms with van der Waals surface area (Å²) >= 11 is 2.81. The molecule has 3 heteroatoms. The molecule has 2 N–H and O–H groups in total. The zero-order valence-electron chi connectivity index (χ0n) is 3.53. The van der Waals surface area contributed by atoms with Crippen LogP contribution in [0.5, 0.6) is 0 Å². The quantitative estimate of drug-likeness (QED) is 0.585. The summed E-state index contributed by atoms with van der Waals surface area (Å²) in [5.74, 6) is 0. The summed E-state index contributed by atoms with van der Waals surface area (Å²) in [4.78, 5) is 5.24. The van der Waals surface area contributed by atoms with Gasteiger partial charge in [-0.1, -0.05) is 0 Å². The molecule has 1 heterocycles. The van der Waals surface area contributed by atoms with Crippen molar-refractivity contribution in [1.29, 1.82) is 0 Å². The third kappa shape index (κ3) is 1.27. The molecule has 0 aliphatic carbocycles. The summed E-state index contributed by atoms with van der Waals surface area (Å²) in [6.07, 6.45) is 0. The van der Waals surface area contributed by atoms with E-state index in [0.29, 0.717) is 0 Å². The van der Waals surface area contributed by atoms with Crippen molar-refractivity contribution in [3.63, 3.8) is 0 Å². The van der Waals surface area contributed by atoms with Gasteiger partial charge in [0.2, 0.25) is 0 Å². The number of rotatable bonds is 1. The maximum atomic E-state index is 5.24. The molecular weight excluding hydrogens is 153 g/mol. The summed E-state index contributed by atoms with van der Waals surface area (Å²) in [5.41, 5.74) is 0. The van der Waals surface area contributed by atoms with Crippen LogP contribution in [-0.4, -0.2) is 0 Å². The van der Waals surface area contributed by atoms with Gasteiger partial charge < -0.3 is 0 Å². The predicted molar refractivity (Wildman–Crippen MR) is 28.1 cm³/mol. The molecule has 7 heavy (non-hydrogen) atoms. The molecule has 0 fully saturated rings. The fourth-order valence-electron chi connectivity index (χ4n) is 0.300. The minimum absolute atomic E-state index is 1.14. The summed E-state index contributed by atoms with van der Waals surface area (Å²) in [6.45, 7) is 0. The van der Waals surface area contributed by atoms with E-state index in [-0.39, 0.29) is 0 Å². The van der Waals surface area contributed by atoms with Crippen LogP contribution in [-0.2, 0) is 14.7 Å². The van der Waals surface area contributed by atoms with E-state index in [4.69, 9.17) is 4.81 Å². The van der Waals surface area contributed by atoms with Crippen molar-refractivity contribution >= 4 is 15.2 Å². The van der Waals surface area contributed by atoms with Crippen LogP contribution in [0.15, 0.2) is 17.5 Å². The van der Waals surface area contributed by atoms with E-state index < -0.39 is 0 Å². The van der Waals surface area contributed by atoms with Crippen LogP contribution in [0.1, 0.15) is 0 Å². The Morgan fingerprint density at radius 3 is 2.86 bits per heavy atom. The van der Waals surface area contributed by atoms with E-state index in [9.17, 15) is 0 Å².